The Morgan fingerprint density at radius 1 is 0.579 bits per heavy atom. The Balaban J connectivity index is 0.000000154. The molecule has 3 heterocycles. The molecule has 38 heavy (non-hydrogen) atoms. The van der Waals surface area contributed by atoms with Gasteiger partial charge in [0.1, 0.15) is 0 Å². The predicted molar refractivity (Wildman–Crippen MR) is 166 cm³/mol. The lowest BCUT2D eigenvalue weighted by atomic mass is 10.1. The molecule has 3 aromatic carbocycles. The summed E-state index contributed by atoms with van der Waals surface area (Å²) in [5.41, 5.74) is 5.87. The molecule has 3 heteroatoms. The largest absolute Gasteiger partial charge is 0.359 e. The first-order valence-corrected chi connectivity index (χ1v) is 13.7. The molecule has 0 aliphatic carbocycles. The first kappa shape index (κ1) is 28.6. The molecule has 3 nitrogen and oxygen atoms in total. The smallest absolute Gasteiger partial charge is 0.0705 e. The number of pyridine rings is 2. The zero-order valence-electron chi connectivity index (χ0n) is 23.9. The van der Waals surface area contributed by atoms with Crippen molar-refractivity contribution in [2.45, 2.75) is 60.3 Å². The molecule has 0 fully saturated rings. The second kappa shape index (κ2) is 14.1. The maximum Gasteiger partial charge on any atom is 0.0705 e. The molecule has 0 saturated carbocycles. The van der Waals surface area contributed by atoms with Gasteiger partial charge in [-0.2, -0.15) is 0 Å². The topological polar surface area (TPSA) is 41.6 Å². The number of para-hydroxylation sites is 2. The van der Waals surface area contributed by atoms with Crippen molar-refractivity contribution in [3.63, 3.8) is 0 Å². The number of aromatic amines is 1. The molecular formula is C35H41N3. The molecule has 3 aromatic heterocycles. The van der Waals surface area contributed by atoms with Crippen molar-refractivity contribution >= 4 is 32.6 Å². The van der Waals surface area contributed by atoms with Crippen LogP contribution in [0.25, 0.3) is 32.6 Å². The van der Waals surface area contributed by atoms with E-state index in [1.54, 1.807) is 0 Å². The summed E-state index contributed by atoms with van der Waals surface area (Å²) in [6, 6.07) is 33.4. The lowest BCUT2D eigenvalue weighted by Gasteiger charge is -2.04. The lowest BCUT2D eigenvalue weighted by molar-refractivity contribution is 0.826. The van der Waals surface area contributed by atoms with E-state index in [2.05, 4.69) is 122 Å². The Bertz CT molecular complexity index is 1440. The molecule has 196 valence electrons. The Morgan fingerprint density at radius 2 is 1.16 bits per heavy atom. The number of aromatic nitrogens is 3. The SMILES string of the molecule is CC.CC(C)c1cc2ccccc2cn1.CC(C)c1ccc2ccccc2n1.Cc1cc2ccccc2[nH]1. The zero-order valence-corrected chi connectivity index (χ0v) is 23.9. The average molecular weight is 504 g/mol. The van der Waals surface area contributed by atoms with Crippen LogP contribution < -0.4 is 0 Å². The van der Waals surface area contributed by atoms with Gasteiger partial charge in [0.15, 0.2) is 0 Å². The fourth-order valence-corrected chi connectivity index (χ4v) is 4.04. The van der Waals surface area contributed by atoms with Gasteiger partial charge in [0.2, 0.25) is 0 Å². The summed E-state index contributed by atoms with van der Waals surface area (Å²) in [5.74, 6) is 1.01. The third-order valence-corrected chi connectivity index (χ3v) is 6.12. The number of hydrogen-bond donors (Lipinski definition) is 1. The third-order valence-electron chi connectivity index (χ3n) is 6.12. The molecular weight excluding hydrogens is 462 g/mol. The van der Waals surface area contributed by atoms with E-state index < -0.39 is 0 Å². The van der Waals surface area contributed by atoms with Crippen molar-refractivity contribution in [2.75, 3.05) is 0 Å². The number of nitrogens with zero attached hydrogens (tertiary/aromatic N) is 2. The summed E-state index contributed by atoms with van der Waals surface area (Å²) in [5, 5.41) is 5.00. The highest BCUT2D eigenvalue weighted by Crippen LogP contribution is 2.19. The van der Waals surface area contributed by atoms with Gasteiger partial charge >= 0.3 is 0 Å². The molecule has 6 aromatic rings. The predicted octanol–water partition coefficient (Wildman–Crippen LogP) is 10.2. The van der Waals surface area contributed by atoms with Crippen LogP contribution in [0.2, 0.25) is 0 Å². The Labute approximate surface area is 228 Å². The second-order valence-electron chi connectivity index (χ2n) is 9.73. The quantitative estimate of drug-likeness (QED) is 0.255. The molecule has 0 aliphatic rings. The maximum absolute atomic E-state index is 4.57. The van der Waals surface area contributed by atoms with E-state index in [-0.39, 0.29) is 0 Å². The minimum atomic E-state index is 0.504. The molecule has 0 unspecified atom stereocenters. The van der Waals surface area contributed by atoms with Gasteiger partial charge in [-0.15, -0.1) is 0 Å². The van der Waals surface area contributed by atoms with Crippen LogP contribution in [0.1, 0.15) is 70.5 Å². The summed E-state index contributed by atoms with van der Waals surface area (Å²) in [6.07, 6.45) is 1.95. The van der Waals surface area contributed by atoms with Gasteiger partial charge in [-0.05, 0) is 59.9 Å². The molecule has 0 radical (unpaired) electrons. The summed E-state index contributed by atoms with van der Waals surface area (Å²) < 4.78 is 0. The average Bonchev–Trinajstić information content (AvgIpc) is 3.34. The van der Waals surface area contributed by atoms with Crippen LogP contribution in [0.3, 0.4) is 0 Å². The van der Waals surface area contributed by atoms with Crippen molar-refractivity contribution in [3.8, 4) is 0 Å². The summed E-state index contributed by atoms with van der Waals surface area (Å²) in [7, 11) is 0. The number of benzene rings is 3. The Morgan fingerprint density at radius 3 is 1.82 bits per heavy atom. The van der Waals surface area contributed by atoms with Gasteiger partial charge in [-0.3, -0.25) is 9.97 Å². The third kappa shape index (κ3) is 7.76. The van der Waals surface area contributed by atoms with Crippen LogP contribution >= 0.6 is 0 Å². The normalized spacial score (nSPS) is 10.4. The van der Waals surface area contributed by atoms with Crippen molar-refractivity contribution in [2.24, 2.45) is 0 Å². The lowest BCUT2D eigenvalue weighted by Crippen LogP contribution is -1.91. The van der Waals surface area contributed by atoms with Crippen molar-refractivity contribution in [1.82, 2.24) is 15.0 Å². The number of fused-ring (bicyclic) bond motifs is 3. The molecule has 0 atom stereocenters. The number of rotatable bonds is 2. The molecule has 0 saturated heterocycles. The summed E-state index contributed by atoms with van der Waals surface area (Å²) in [6.45, 7) is 14.7. The van der Waals surface area contributed by atoms with Gasteiger partial charge in [0.05, 0.1) is 5.52 Å². The molecule has 6 rings (SSSR count). The van der Waals surface area contributed by atoms with Crippen molar-refractivity contribution in [3.05, 3.63) is 120 Å². The van der Waals surface area contributed by atoms with E-state index in [0.717, 1.165) is 5.52 Å². The second-order valence-corrected chi connectivity index (χ2v) is 9.73. The summed E-state index contributed by atoms with van der Waals surface area (Å²) >= 11 is 0. The highest BCUT2D eigenvalue weighted by atomic mass is 14.7. The van der Waals surface area contributed by atoms with E-state index in [1.165, 1.54) is 44.1 Å². The summed E-state index contributed by atoms with van der Waals surface area (Å²) in [4.78, 5) is 12.2. The van der Waals surface area contributed by atoms with Crippen LogP contribution in [-0.2, 0) is 0 Å². The van der Waals surface area contributed by atoms with Gasteiger partial charge < -0.3 is 4.98 Å². The molecule has 0 amide bonds. The minimum Gasteiger partial charge on any atom is -0.359 e. The fraction of sp³-hybridized carbons (Fsp3) is 0.257. The number of H-pyrrole nitrogens is 1. The Hall–Kier alpha value is -3.98. The maximum atomic E-state index is 4.57. The number of hydrogen-bond acceptors (Lipinski definition) is 2. The zero-order chi connectivity index (χ0) is 27.5. The van der Waals surface area contributed by atoms with Crippen molar-refractivity contribution in [1.29, 1.82) is 0 Å². The first-order chi connectivity index (χ1) is 18.4. The molecule has 1 N–H and O–H groups in total. The monoisotopic (exact) mass is 503 g/mol. The van der Waals surface area contributed by atoms with Crippen molar-refractivity contribution < 1.29 is 0 Å². The highest BCUT2D eigenvalue weighted by Gasteiger charge is 2.02. The fourth-order valence-electron chi connectivity index (χ4n) is 4.04. The van der Waals surface area contributed by atoms with Crippen LogP contribution in [0, 0.1) is 6.92 Å². The Kier molecular flexibility index (Phi) is 10.6. The van der Waals surface area contributed by atoms with E-state index >= 15 is 0 Å². The van der Waals surface area contributed by atoms with Crippen LogP contribution in [0.4, 0.5) is 0 Å². The standard InChI is InChI=1S/2C12H13N.C9H9N.C2H6/c1-9(2)12-7-10-5-3-4-6-11(10)8-13-12;1-9(2)11-8-7-10-5-3-4-6-12(10)13-11;1-7-6-8-4-2-3-5-9(8)10-7;1-2/h2*3-9H,1-2H3;2-6,10H,1H3;1-2H3. The minimum absolute atomic E-state index is 0.504. The molecule has 0 aliphatic heterocycles. The van der Waals surface area contributed by atoms with Crippen LogP contribution in [0.15, 0.2) is 103 Å². The van der Waals surface area contributed by atoms with Gasteiger partial charge in [0.25, 0.3) is 0 Å². The molecule has 0 spiro atoms. The molecule has 0 bridgehead atoms. The number of aryl methyl sites for hydroxylation is 1. The van der Waals surface area contributed by atoms with Gasteiger partial charge in [0, 0.05) is 39.6 Å². The van der Waals surface area contributed by atoms with Crippen LogP contribution in [-0.4, -0.2) is 15.0 Å². The van der Waals surface area contributed by atoms with Gasteiger partial charge in [-0.25, -0.2) is 0 Å². The van der Waals surface area contributed by atoms with E-state index in [1.807, 2.05) is 44.3 Å². The number of nitrogens with one attached hydrogen (secondary N) is 1. The highest BCUT2D eigenvalue weighted by molar-refractivity contribution is 5.82. The van der Waals surface area contributed by atoms with E-state index in [9.17, 15) is 0 Å². The van der Waals surface area contributed by atoms with Crippen LogP contribution in [0.5, 0.6) is 0 Å². The van der Waals surface area contributed by atoms with E-state index in [0.29, 0.717) is 11.8 Å². The van der Waals surface area contributed by atoms with Gasteiger partial charge in [-0.1, -0.05) is 108 Å². The van der Waals surface area contributed by atoms with E-state index in [4.69, 9.17) is 0 Å². The first-order valence-electron chi connectivity index (χ1n) is 13.7.